The zero-order chi connectivity index (χ0) is 27.1. The molecule has 0 rings (SSSR count). The average molecular weight is 518 g/mol. The van der Waals surface area contributed by atoms with Crippen molar-refractivity contribution in [3.05, 3.63) is 0 Å². The first-order valence-corrected chi connectivity index (χ1v) is 17.6. The fourth-order valence-corrected chi connectivity index (χ4v) is 5.90. The second-order valence-corrected chi connectivity index (χ2v) is 12.8. The van der Waals surface area contributed by atoms with Gasteiger partial charge < -0.3 is 0 Å². The molecule has 0 aliphatic rings. The second-order valence-electron chi connectivity index (χ2n) is 12.8. The molecule has 0 aromatic heterocycles. The topological polar surface area (TPSA) is 23.8 Å². The summed E-state index contributed by atoms with van der Waals surface area (Å²) in [5, 5.41) is 8.54. The Kier molecular flexibility index (Phi) is 31.3. The molecule has 0 fully saturated rings. The van der Waals surface area contributed by atoms with Gasteiger partial charge in [0.1, 0.15) is 0 Å². The van der Waals surface area contributed by atoms with Crippen LogP contribution in [0.5, 0.6) is 0 Å². The van der Waals surface area contributed by atoms with Crippen LogP contribution in [0.4, 0.5) is 0 Å². The smallest absolute Gasteiger partial charge is 0.0621 e. The van der Waals surface area contributed by atoms with E-state index < -0.39 is 0 Å². The third-order valence-electron chi connectivity index (χ3n) is 8.68. The highest BCUT2D eigenvalue weighted by atomic mass is 14.2. The van der Waals surface area contributed by atoms with Crippen LogP contribution in [0.15, 0.2) is 0 Å². The van der Waals surface area contributed by atoms with Crippen molar-refractivity contribution < 1.29 is 0 Å². The van der Waals surface area contributed by atoms with Crippen molar-refractivity contribution in [3.63, 3.8) is 0 Å². The number of nitriles is 1. The standard InChI is InChI=1S/C36H71N/c1-4-5-6-7-20-23-26-30-35(2)32-29-33-36(3)31-27-24-21-18-16-14-12-10-8-9-11-13-15-17-19-22-25-28-34-37/h35-36H,4-33H2,1-3H3. The molecular formula is C36H71N. The van der Waals surface area contributed by atoms with E-state index in [0.29, 0.717) is 0 Å². The third kappa shape index (κ3) is 31.6. The molecule has 0 N–H and O–H groups in total. The van der Waals surface area contributed by atoms with E-state index in [9.17, 15) is 0 Å². The maximum atomic E-state index is 8.54. The van der Waals surface area contributed by atoms with E-state index in [-0.39, 0.29) is 0 Å². The quantitative estimate of drug-likeness (QED) is 0.0838. The van der Waals surface area contributed by atoms with E-state index in [2.05, 4.69) is 26.8 Å². The molecule has 2 unspecified atom stereocenters. The summed E-state index contributed by atoms with van der Waals surface area (Å²) in [5.41, 5.74) is 0. The Hall–Kier alpha value is -0.510. The zero-order valence-electron chi connectivity index (χ0n) is 26.3. The lowest BCUT2D eigenvalue weighted by molar-refractivity contribution is 0.390. The summed E-state index contributed by atoms with van der Waals surface area (Å²) in [7, 11) is 0. The van der Waals surface area contributed by atoms with Crippen LogP contribution in [0.2, 0.25) is 0 Å². The SMILES string of the molecule is CCCCCCCCCC(C)CCCC(C)CCCCCCCCCCCCCCCCCCCC#N. The summed E-state index contributed by atoms with van der Waals surface area (Å²) < 4.78 is 0. The van der Waals surface area contributed by atoms with E-state index >= 15 is 0 Å². The molecule has 0 radical (unpaired) electrons. The van der Waals surface area contributed by atoms with Gasteiger partial charge in [0.05, 0.1) is 6.07 Å². The van der Waals surface area contributed by atoms with E-state index in [1.165, 1.54) is 180 Å². The van der Waals surface area contributed by atoms with E-state index in [1.54, 1.807) is 0 Å². The van der Waals surface area contributed by atoms with Gasteiger partial charge in [0.2, 0.25) is 0 Å². The lowest BCUT2D eigenvalue weighted by Crippen LogP contribution is -1.99. The van der Waals surface area contributed by atoms with Crippen LogP contribution in [-0.2, 0) is 0 Å². The Labute approximate surface area is 236 Å². The molecule has 37 heavy (non-hydrogen) atoms. The number of hydrogen-bond donors (Lipinski definition) is 0. The van der Waals surface area contributed by atoms with Gasteiger partial charge in [-0.05, 0) is 18.3 Å². The van der Waals surface area contributed by atoms with Crippen LogP contribution in [0.25, 0.3) is 0 Å². The van der Waals surface area contributed by atoms with Crippen molar-refractivity contribution >= 4 is 0 Å². The molecule has 0 aromatic carbocycles. The lowest BCUT2D eigenvalue weighted by atomic mass is 9.92. The Bertz CT molecular complexity index is 450. The van der Waals surface area contributed by atoms with Crippen LogP contribution in [-0.4, -0.2) is 0 Å². The number of hydrogen-bond acceptors (Lipinski definition) is 1. The van der Waals surface area contributed by atoms with Gasteiger partial charge in [-0.2, -0.15) is 5.26 Å². The van der Waals surface area contributed by atoms with Crippen LogP contribution in [0, 0.1) is 23.2 Å². The van der Waals surface area contributed by atoms with Crippen LogP contribution < -0.4 is 0 Å². The third-order valence-corrected chi connectivity index (χ3v) is 8.68. The zero-order valence-corrected chi connectivity index (χ0v) is 26.3. The number of rotatable bonds is 31. The van der Waals surface area contributed by atoms with E-state index in [0.717, 1.165) is 24.7 Å². The molecule has 0 bridgehead atoms. The van der Waals surface area contributed by atoms with Gasteiger partial charge >= 0.3 is 0 Å². The summed E-state index contributed by atoms with van der Waals surface area (Å²) in [6.45, 7) is 7.30. The van der Waals surface area contributed by atoms with Crippen molar-refractivity contribution in [1.82, 2.24) is 0 Å². The van der Waals surface area contributed by atoms with Crippen molar-refractivity contribution in [2.45, 2.75) is 213 Å². The molecule has 0 saturated heterocycles. The molecule has 220 valence electrons. The fourth-order valence-electron chi connectivity index (χ4n) is 5.90. The Balaban J connectivity index is 3.22. The minimum absolute atomic E-state index is 0.748. The number of nitrogens with zero attached hydrogens (tertiary/aromatic N) is 1. The van der Waals surface area contributed by atoms with Crippen molar-refractivity contribution in [2.75, 3.05) is 0 Å². The lowest BCUT2D eigenvalue weighted by Gasteiger charge is -2.14. The summed E-state index contributed by atoms with van der Waals surface area (Å²) in [6, 6.07) is 2.24. The Morgan fingerprint density at radius 2 is 0.649 bits per heavy atom. The highest BCUT2D eigenvalue weighted by Crippen LogP contribution is 2.22. The fraction of sp³-hybridized carbons (Fsp3) is 0.972. The molecule has 2 atom stereocenters. The first-order valence-electron chi connectivity index (χ1n) is 17.6. The van der Waals surface area contributed by atoms with Gasteiger partial charge in [-0.25, -0.2) is 0 Å². The molecule has 0 aliphatic heterocycles. The normalized spacial score (nSPS) is 13.0. The highest BCUT2D eigenvalue weighted by molar-refractivity contribution is 4.67. The molecule has 0 spiro atoms. The molecular weight excluding hydrogens is 446 g/mol. The predicted molar refractivity (Wildman–Crippen MR) is 168 cm³/mol. The summed E-state index contributed by atoms with van der Waals surface area (Å²) in [5.74, 6) is 1.89. The minimum Gasteiger partial charge on any atom is -0.198 e. The largest absolute Gasteiger partial charge is 0.198 e. The molecule has 0 aliphatic carbocycles. The molecule has 0 saturated carbocycles. The van der Waals surface area contributed by atoms with Crippen LogP contribution >= 0.6 is 0 Å². The van der Waals surface area contributed by atoms with Crippen molar-refractivity contribution in [1.29, 1.82) is 5.26 Å². The molecule has 0 heterocycles. The maximum Gasteiger partial charge on any atom is 0.0621 e. The van der Waals surface area contributed by atoms with E-state index in [4.69, 9.17) is 5.26 Å². The van der Waals surface area contributed by atoms with Crippen molar-refractivity contribution in [3.8, 4) is 6.07 Å². The van der Waals surface area contributed by atoms with Crippen molar-refractivity contribution in [2.24, 2.45) is 11.8 Å². The molecule has 1 heteroatoms. The minimum atomic E-state index is 0.748. The summed E-state index contributed by atoms with van der Waals surface area (Å²) >= 11 is 0. The highest BCUT2D eigenvalue weighted by Gasteiger charge is 2.06. The van der Waals surface area contributed by atoms with Gasteiger partial charge in [0.25, 0.3) is 0 Å². The Morgan fingerprint density at radius 1 is 0.378 bits per heavy atom. The van der Waals surface area contributed by atoms with Crippen LogP contribution in [0.3, 0.4) is 0 Å². The monoisotopic (exact) mass is 518 g/mol. The Morgan fingerprint density at radius 3 is 0.973 bits per heavy atom. The second kappa shape index (κ2) is 31.7. The summed E-state index contributed by atoms with van der Waals surface area (Å²) in [4.78, 5) is 0. The molecule has 0 aromatic rings. The van der Waals surface area contributed by atoms with Crippen LogP contribution in [0.1, 0.15) is 213 Å². The number of unbranched alkanes of at least 4 members (excludes halogenated alkanes) is 23. The maximum absolute atomic E-state index is 8.54. The summed E-state index contributed by atoms with van der Waals surface area (Å²) in [6.07, 6.45) is 42.2. The average Bonchev–Trinajstić information content (AvgIpc) is 2.89. The van der Waals surface area contributed by atoms with Gasteiger partial charge in [0, 0.05) is 6.42 Å². The van der Waals surface area contributed by atoms with E-state index in [1.807, 2.05) is 0 Å². The van der Waals surface area contributed by atoms with Gasteiger partial charge in [0.15, 0.2) is 0 Å². The molecule has 1 nitrogen and oxygen atoms in total. The molecule has 0 amide bonds. The first kappa shape index (κ1) is 36.5. The van der Waals surface area contributed by atoms with Gasteiger partial charge in [-0.3, -0.25) is 0 Å². The predicted octanol–water partition coefficient (Wildman–Crippen LogP) is 13.5. The first-order chi connectivity index (χ1) is 18.2. The van der Waals surface area contributed by atoms with Gasteiger partial charge in [-0.1, -0.05) is 201 Å². The van der Waals surface area contributed by atoms with Gasteiger partial charge in [-0.15, -0.1) is 0 Å².